The lowest BCUT2D eigenvalue weighted by molar-refractivity contribution is -0.115. The van der Waals surface area contributed by atoms with Crippen molar-refractivity contribution in [1.82, 2.24) is 15.3 Å². The molecule has 2 N–H and O–H groups in total. The summed E-state index contributed by atoms with van der Waals surface area (Å²) in [5, 5.41) is 5.69. The summed E-state index contributed by atoms with van der Waals surface area (Å²) < 4.78 is 9.98. The average Bonchev–Trinajstić information content (AvgIpc) is 3.19. The van der Waals surface area contributed by atoms with E-state index in [-0.39, 0.29) is 18.4 Å². The number of amides is 1. The first-order chi connectivity index (χ1) is 8.71. The van der Waals surface area contributed by atoms with Gasteiger partial charge in [0.1, 0.15) is 0 Å². The lowest BCUT2D eigenvalue weighted by Crippen LogP contribution is -2.30. The number of nitrogens with zero attached hydrogens (tertiary/aromatic N) is 2. The molecular weight excluding hydrogens is 236 g/mol. The van der Waals surface area contributed by atoms with Crippen molar-refractivity contribution in [2.24, 2.45) is 0 Å². The highest BCUT2D eigenvalue weighted by Crippen LogP contribution is 2.18. The first kappa shape index (κ1) is 12.6. The van der Waals surface area contributed by atoms with Crippen LogP contribution < -0.4 is 20.1 Å². The number of carbonyl (C=O) groups is 1. The molecule has 1 saturated carbocycles. The lowest BCUT2D eigenvalue weighted by Gasteiger charge is -2.07. The zero-order valence-electron chi connectivity index (χ0n) is 10.4. The zero-order chi connectivity index (χ0) is 13.0. The predicted octanol–water partition coefficient (Wildman–Crippen LogP) is 0.184. The smallest absolute Gasteiger partial charge is 0.240 e. The molecule has 1 aromatic rings. The second-order valence-electron chi connectivity index (χ2n) is 3.98. The highest BCUT2D eigenvalue weighted by molar-refractivity contribution is 5.90. The first-order valence-corrected chi connectivity index (χ1v) is 5.71. The number of ether oxygens (including phenoxy) is 2. The standard InChI is InChI=1S/C11H16N4O3/c1-17-9-5-10(18-2)15-11(14-9)13-8(16)6-12-7-3-4-7/h5,7,12H,3-4,6H2,1-2H3,(H,13,14,15,16). The van der Waals surface area contributed by atoms with Gasteiger partial charge in [-0.15, -0.1) is 0 Å². The zero-order valence-corrected chi connectivity index (χ0v) is 10.4. The molecule has 1 aliphatic rings. The molecule has 98 valence electrons. The van der Waals surface area contributed by atoms with E-state index in [1.54, 1.807) is 0 Å². The largest absolute Gasteiger partial charge is 0.481 e. The van der Waals surface area contributed by atoms with Gasteiger partial charge in [-0.05, 0) is 12.8 Å². The van der Waals surface area contributed by atoms with Crippen molar-refractivity contribution >= 4 is 11.9 Å². The molecule has 1 fully saturated rings. The third kappa shape index (κ3) is 3.56. The fourth-order valence-corrected chi connectivity index (χ4v) is 1.36. The molecule has 2 rings (SSSR count). The van der Waals surface area contributed by atoms with Crippen LogP contribution in [0.2, 0.25) is 0 Å². The van der Waals surface area contributed by atoms with E-state index in [4.69, 9.17) is 9.47 Å². The van der Waals surface area contributed by atoms with Crippen LogP contribution in [-0.4, -0.2) is 42.7 Å². The molecule has 1 amide bonds. The molecule has 0 bridgehead atoms. The van der Waals surface area contributed by atoms with Gasteiger partial charge in [-0.2, -0.15) is 9.97 Å². The highest BCUT2D eigenvalue weighted by Gasteiger charge is 2.21. The Balaban J connectivity index is 1.95. The minimum absolute atomic E-state index is 0.175. The maximum Gasteiger partial charge on any atom is 0.240 e. The van der Waals surface area contributed by atoms with Gasteiger partial charge in [-0.1, -0.05) is 0 Å². The van der Waals surface area contributed by atoms with Crippen molar-refractivity contribution in [2.45, 2.75) is 18.9 Å². The van der Waals surface area contributed by atoms with Crippen LogP contribution in [-0.2, 0) is 4.79 Å². The summed E-state index contributed by atoms with van der Waals surface area (Å²) in [5.74, 6) is 0.672. The van der Waals surface area contributed by atoms with E-state index in [2.05, 4.69) is 20.6 Å². The summed E-state index contributed by atoms with van der Waals surface area (Å²) in [4.78, 5) is 19.6. The monoisotopic (exact) mass is 252 g/mol. The molecule has 1 aromatic heterocycles. The van der Waals surface area contributed by atoms with Gasteiger partial charge in [-0.3, -0.25) is 10.1 Å². The number of anilines is 1. The Bertz CT molecular complexity index is 412. The predicted molar refractivity (Wildman–Crippen MR) is 64.8 cm³/mol. The van der Waals surface area contributed by atoms with Crippen molar-refractivity contribution in [3.8, 4) is 11.8 Å². The molecule has 0 unspecified atom stereocenters. The van der Waals surface area contributed by atoms with E-state index in [1.165, 1.54) is 20.3 Å². The Morgan fingerprint density at radius 3 is 2.44 bits per heavy atom. The van der Waals surface area contributed by atoms with Crippen molar-refractivity contribution < 1.29 is 14.3 Å². The van der Waals surface area contributed by atoms with Gasteiger partial charge in [-0.25, -0.2) is 0 Å². The van der Waals surface area contributed by atoms with E-state index in [1.807, 2.05) is 0 Å². The van der Waals surface area contributed by atoms with Crippen molar-refractivity contribution in [1.29, 1.82) is 0 Å². The number of hydrogen-bond acceptors (Lipinski definition) is 6. The minimum atomic E-state index is -0.183. The van der Waals surface area contributed by atoms with Gasteiger partial charge in [0.15, 0.2) is 0 Å². The number of nitrogens with one attached hydrogen (secondary N) is 2. The highest BCUT2D eigenvalue weighted by atomic mass is 16.5. The van der Waals surface area contributed by atoms with Crippen LogP contribution in [0.1, 0.15) is 12.8 Å². The van der Waals surface area contributed by atoms with Gasteiger partial charge in [0.05, 0.1) is 26.8 Å². The number of hydrogen-bond donors (Lipinski definition) is 2. The number of rotatable bonds is 6. The Hall–Kier alpha value is -1.89. The number of carbonyl (C=O) groups excluding carboxylic acids is 1. The van der Waals surface area contributed by atoms with Crippen LogP contribution in [0.5, 0.6) is 11.8 Å². The molecule has 1 heterocycles. The fourth-order valence-electron chi connectivity index (χ4n) is 1.36. The van der Waals surface area contributed by atoms with Gasteiger partial charge in [0.2, 0.25) is 23.6 Å². The molecule has 0 spiro atoms. The minimum Gasteiger partial charge on any atom is -0.481 e. The van der Waals surface area contributed by atoms with E-state index >= 15 is 0 Å². The van der Waals surface area contributed by atoms with E-state index in [9.17, 15) is 4.79 Å². The maximum absolute atomic E-state index is 11.6. The fraction of sp³-hybridized carbons (Fsp3) is 0.545. The van der Waals surface area contributed by atoms with Crippen LogP contribution in [0.3, 0.4) is 0 Å². The molecule has 0 saturated heterocycles. The van der Waals surface area contributed by atoms with Gasteiger partial charge < -0.3 is 14.8 Å². The Labute approximate surface area is 105 Å². The second-order valence-corrected chi connectivity index (χ2v) is 3.98. The number of methoxy groups -OCH3 is 2. The molecule has 7 nitrogen and oxygen atoms in total. The lowest BCUT2D eigenvalue weighted by atomic mass is 10.5. The van der Waals surface area contributed by atoms with Crippen LogP contribution >= 0.6 is 0 Å². The molecule has 0 aliphatic heterocycles. The third-order valence-electron chi connectivity index (χ3n) is 2.48. The van der Waals surface area contributed by atoms with Gasteiger partial charge in [0, 0.05) is 6.04 Å². The maximum atomic E-state index is 11.6. The van der Waals surface area contributed by atoms with Gasteiger partial charge in [0.25, 0.3) is 0 Å². The molecule has 18 heavy (non-hydrogen) atoms. The topological polar surface area (TPSA) is 85.4 Å². The van der Waals surface area contributed by atoms with Crippen LogP contribution in [0.25, 0.3) is 0 Å². The van der Waals surface area contributed by atoms with Crippen molar-refractivity contribution in [3.05, 3.63) is 6.07 Å². The Morgan fingerprint density at radius 1 is 1.33 bits per heavy atom. The van der Waals surface area contributed by atoms with Crippen LogP contribution in [0.4, 0.5) is 5.95 Å². The molecular formula is C11H16N4O3. The summed E-state index contributed by atoms with van der Waals surface area (Å²) >= 11 is 0. The Kier molecular flexibility index (Phi) is 3.93. The van der Waals surface area contributed by atoms with Gasteiger partial charge >= 0.3 is 0 Å². The molecule has 0 aromatic carbocycles. The van der Waals surface area contributed by atoms with Crippen LogP contribution in [0, 0.1) is 0 Å². The molecule has 7 heteroatoms. The summed E-state index contributed by atoms with van der Waals surface area (Å²) in [7, 11) is 2.98. The normalized spacial score (nSPS) is 14.1. The second kappa shape index (κ2) is 5.63. The quantitative estimate of drug-likeness (QED) is 0.751. The van der Waals surface area contributed by atoms with E-state index in [0.717, 1.165) is 12.8 Å². The first-order valence-electron chi connectivity index (χ1n) is 5.71. The van der Waals surface area contributed by atoms with E-state index < -0.39 is 0 Å². The third-order valence-corrected chi connectivity index (χ3v) is 2.48. The van der Waals surface area contributed by atoms with Crippen LogP contribution in [0.15, 0.2) is 6.07 Å². The summed E-state index contributed by atoms with van der Waals surface area (Å²) in [5.41, 5.74) is 0. The SMILES string of the molecule is COc1cc(OC)nc(NC(=O)CNC2CC2)n1. The summed E-state index contributed by atoms with van der Waals surface area (Å²) in [6.07, 6.45) is 2.27. The van der Waals surface area contributed by atoms with E-state index in [0.29, 0.717) is 17.8 Å². The molecule has 0 radical (unpaired) electrons. The average molecular weight is 252 g/mol. The van der Waals surface area contributed by atoms with Crippen molar-refractivity contribution in [2.75, 3.05) is 26.1 Å². The molecule has 0 atom stereocenters. The Morgan fingerprint density at radius 2 is 1.94 bits per heavy atom. The number of aromatic nitrogens is 2. The molecule has 1 aliphatic carbocycles. The summed E-state index contributed by atoms with van der Waals surface area (Å²) in [6.45, 7) is 0.257. The summed E-state index contributed by atoms with van der Waals surface area (Å²) in [6, 6.07) is 2.02. The van der Waals surface area contributed by atoms with Crippen molar-refractivity contribution in [3.63, 3.8) is 0 Å².